The second-order valence-corrected chi connectivity index (χ2v) is 3.08. The Kier molecular flexibility index (Phi) is 1.68. The smallest absolute Gasteiger partial charge is 0.285 e. The number of hydrogen-bond donors (Lipinski definition) is 1. The third-order valence-electron chi connectivity index (χ3n) is 0.909. The van der Waals surface area contributed by atoms with Crippen LogP contribution in [0.1, 0.15) is 6.92 Å². The van der Waals surface area contributed by atoms with Gasteiger partial charge in [0.2, 0.25) is 0 Å². The molecule has 0 saturated heterocycles. The number of nitrogens with one attached hydrogen (secondary N) is 1. The summed E-state index contributed by atoms with van der Waals surface area (Å²) in [6.07, 6.45) is 3.37. The molecule has 4 heteroatoms. The first-order valence-corrected chi connectivity index (χ1v) is 3.24. The molecule has 9 heavy (non-hydrogen) atoms. The summed E-state index contributed by atoms with van der Waals surface area (Å²) in [6, 6.07) is 0. The minimum Gasteiger partial charge on any atom is -0.339 e. The first kappa shape index (κ1) is 6.90. The van der Waals surface area contributed by atoms with Crippen molar-refractivity contribution in [2.75, 3.05) is 0 Å². The van der Waals surface area contributed by atoms with Crippen LogP contribution in [0.15, 0.2) is 16.8 Å². The molecule has 0 aromatic carbocycles. The van der Waals surface area contributed by atoms with Crippen molar-refractivity contribution in [2.45, 2.75) is 11.5 Å². The quantitative estimate of drug-likeness (QED) is 0.428. The Morgan fingerprint density at radius 3 is 2.67 bits per heavy atom. The van der Waals surface area contributed by atoms with Gasteiger partial charge in [-0.15, -0.1) is 0 Å². The van der Waals surface area contributed by atoms with Crippen molar-refractivity contribution in [1.29, 1.82) is 0 Å². The van der Waals surface area contributed by atoms with Gasteiger partial charge in [0.25, 0.3) is 4.58 Å². The molecule has 1 rings (SSSR count). The zero-order chi connectivity index (χ0) is 6.91. The second-order valence-electron chi connectivity index (χ2n) is 1.79. The summed E-state index contributed by atoms with van der Waals surface area (Å²) in [4.78, 5) is 3.73. The number of halogens is 2. The summed E-state index contributed by atoms with van der Waals surface area (Å²) in [6.45, 7) is 1.87. The fourth-order valence-electron chi connectivity index (χ4n) is 0.554. The topological polar surface area (TPSA) is 24.4 Å². The first-order chi connectivity index (χ1) is 4.10. The van der Waals surface area contributed by atoms with Gasteiger partial charge in [-0.05, 0) is 13.0 Å². The molecule has 0 aromatic rings. The van der Waals surface area contributed by atoms with Gasteiger partial charge in [0.05, 0.1) is 0 Å². The summed E-state index contributed by atoms with van der Waals surface area (Å²) in [5.74, 6) is 0. The van der Waals surface area contributed by atoms with Crippen LogP contribution in [0.25, 0.3) is 0 Å². The number of allylic oxidation sites excluding steroid dienone is 2. The number of nitrogens with zero attached hydrogens (tertiary/aromatic N) is 1. The molecule has 0 fully saturated rings. The van der Waals surface area contributed by atoms with Crippen molar-refractivity contribution in [3.05, 3.63) is 11.8 Å². The van der Waals surface area contributed by atoms with Crippen molar-refractivity contribution in [3.8, 4) is 0 Å². The SMILES string of the molecule is CC1=CC=NC(Cl)(Cl)N1. The summed E-state index contributed by atoms with van der Waals surface area (Å²) >= 11 is 11.2. The van der Waals surface area contributed by atoms with E-state index in [1.165, 1.54) is 0 Å². The maximum absolute atomic E-state index is 5.58. The lowest BCUT2D eigenvalue weighted by Crippen LogP contribution is -2.32. The molecule has 1 heterocycles. The van der Waals surface area contributed by atoms with Crippen LogP contribution in [0.3, 0.4) is 0 Å². The van der Waals surface area contributed by atoms with Crippen LogP contribution in [0.2, 0.25) is 0 Å². The highest BCUT2D eigenvalue weighted by molar-refractivity contribution is 6.48. The minimum atomic E-state index is -1.15. The Hall–Kier alpha value is -0.210. The molecule has 0 amide bonds. The summed E-state index contributed by atoms with van der Waals surface area (Å²) in [5, 5.41) is 2.75. The fourth-order valence-corrected chi connectivity index (χ4v) is 0.965. The van der Waals surface area contributed by atoms with Crippen molar-refractivity contribution in [3.63, 3.8) is 0 Å². The molecule has 1 N–H and O–H groups in total. The van der Waals surface area contributed by atoms with Crippen LogP contribution < -0.4 is 5.32 Å². The molecular weight excluding hydrogens is 159 g/mol. The Morgan fingerprint density at radius 1 is 1.67 bits per heavy atom. The van der Waals surface area contributed by atoms with Crippen LogP contribution in [0.4, 0.5) is 0 Å². The average Bonchev–Trinajstić information content (AvgIpc) is 1.60. The van der Waals surface area contributed by atoms with E-state index >= 15 is 0 Å². The van der Waals surface area contributed by atoms with E-state index < -0.39 is 4.58 Å². The standard InChI is InChI=1S/C5H6Cl2N2/c1-4-2-3-8-5(6,7)9-4/h2-3,9H,1H3. The monoisotopic (exact) mass is 164 g/mol. The van der Waals surface area contributed by atoms with E-state index in [0.29, 0.717) is 0 Å². The van der Waals surface area contributed by atoms with Crippen LogP contribution >= 0.6 is 23.2 Å². The van der Waals surface area contributed by atoms with Crippen molar-refractivity contribution < 1.29 is 0 Å². The van der Waals surface area contributed by atoms with E-state index in [4.69, 9.17) is 23.2 Å². The molecule has 50 valence electrons. The predicted molar refractivity (Wildman–Crippen MR) is 39.8 cm³/mol. The molecule has 0 radical (unpaired) electrons. The molecule has 1 aliphatic rings. The normalized spacial score (nSPS) is 22.8. The molecule has 0 aromatic heterocycles. The average molecular weight is 165 g/mol. The maximum atomic E-state index is 5.58. The van der Waals surface area contributed by atoms with Gasteiger partial charge in [0.1, 0.15) is 0 Å². The Balaban J connectivity index is 2.73. The second kappa shape index (κ2) is 2.20. The number of aliphatic imine (C=N–C) groups is 1. The summed E-state index contributed by atoms with van der Waals surface area (Å²) in [5.41, 5.74) is 0.912. The zero-order valence-electron chi connectivity index (χ0n) is 4.86. The maximum Gasteiger partial charge on any atom is 0.285 e. The molecule has 0 aliphatic carbocycles. The third kappa shape index (κ3) is 1.88. The molecule has 0 saturated carbocycles. The third-order valence-corrected chi connectivity index (χ3v) is 1.29. The van der Waals surface area contributed by atoms with Crippen molar-refractivity contribution in [1.82, 2.24) is 5.32 Å². The van der Waals surface area contributed by atoms with Gasteiger partial charge in [-0.1, -0.05) is 23.2 Å². The molecule has 2 nitrogen and oxygen atoms in total. The Morgan fingerprint density at radius 2 is 2.33 bits per heavy atom. The largest absolute Gasteiger partial charge is 0.339 e. The van der Waals surface area contributed by atoms with Crippen LogP contribution in [-0.2, 0) is 0 Å². The van der Waals surface area contributed by atoms with E-state index in [2.05, 4.69) is 10.3 Å². The Bertz CT molecular complexity index is 172. The van der Waals surface area contributed by atoms with Crippen LogP contribution in [0, 0.1) is 0 Å². The first-order valence-electron chi connectivity index (χ1n) is 2.48. The van der Waals surface area contributed by atoms with Crippen LogP contribution in [-0.4, -0.2) is 10.8 Å². The lowest BCUT2D eigenvalue weighted by molar-refractivity contribution is 0.694. The highest BCUT2D eigenvalue weighted by Gasteiger charge is 2.22. The van der Waals surface area contributed by atoms with Gasteiger partial charge in [0, 0.05) is 11.9 Å². The highest BCUT2D eigenvalue weighted by Crippen LogP contribution is 2.21. The number of hydrogen-bond acceptors (Lipinski definition) is 2. The molecular formula is C5H6Cl2N2. The highest BCUT2D eigenvalue weighted by atomic mass is 35.5. The molecule has 0 atom stereocenters. The van der Waals surface area contributed by atoms with Crippen molar-refractivity contribution in [2.24, 2.45) is 4.99 Å². The molecule has 1 aliphatic heterocycles. The zero-order valence-corrected chi connectivity index (χ0v) is 6.37. The molecule has 0 unspecified atom stereocenters. The van der Waals surface area contributed by atoms with Gasteiger partial charge in [-0.25, -0.2) is 4.99 Å². The van der Waals surface area contributed by atoms with Gasteiger partial charge < -0.3 is 5.32 Å². The van der Waals surface area contributed by atoms with Crippen molar-refractivity contribution >= 4 is 29.4 Å². The van der Waals surface area contributed by atoms with Gasteiger partial charge in [-0.2, -0.15) is 0 Å². The number of rotatable bonds is 0. The van der Waals surface area contributed by atoms with Gasteiger partial charge in [0.15, 0.2) is 0 Å². The van der Waals surface area contributed by atoms with E-state index in [1.54, 1.807) is 12.3 Å². The fraction of sp³-hybridized carbons (Fsp3) is 0.400. The molecule has 0 bridgehead atoms. The summed E-state index contributed by atoms with van der Waals surface area (Å²) < 4.78 is -1.15. The molecule has 0 spiro atoms. The van der Waals surface area contributed by atoms with E-state index in [1.807, 2.05) is 6.92 Å². The predicted octanol–water partition coefficient (Wildman–Crippen LogP) is 1.65. The lowest BCUT2D eigenvalue weighted by Gasteiger charge is -2.20. The van der Waals surface area contributed by atoms with Gasteiger partial charge >= 0.3 is 0 Å². The number of alkyl halides is 2. The lowest BCUT2D eigenvalue weighted by atomic mass is 10.4. The van der Waals surface area contributed by atoms with E-state index in [0.717, 1.165) is 5.70 Å². The van der Waals surface area contributed by atoms with Crippen LogP contribution in [0.5, 0.6) is 0 Å². The van der Waals surface area contributed by atoms with E-state index in [-0.39, 0.29) is 0 Å². The van der Waals surface area contributed by atoms with Gasteiger partial charge in [-0.3, -0.25) is 0 Å². The Labute approximate surface area is 63.6 Å². The minimum absolute atomic E-state index is 0.912. The van der Waals surface area contributed by atoms with E-state index in [9.17, 15) is 0 Å². The summed E-state index contributed by atoms with van der Waals surface area (Å²) in [7, 11) is 0.